The van der Waals surface area contributed by atoms with E-state index >= 15 is 0 Å². The molecule has 0 spiro atoms. The van der Waals surface area contributed by atoms with Gasteiger partial charge in [-0.2, -0.15) is 9.57 Å². The lowest BCUT2D eigenvalue weighted by Crippen LogP contribution is -2.42. The Morgan fingerprint density at radius 3 is 2.68 bits per heavy atom. The molecule has 1 N–H and O–H groups in total. The molecule has 10 nitrogen and oxygen atoms in total. The van der Waals surface area contributed by atoms with Crippen molar-refractivity contribution in [1.82, 2.24) is 13.9 Å². The number of allylic oxidation sites excluding steroid dienone is 2. The van der Waals surface area contributed by atoms with Gasteiger partial charge in [-0.1, -0.05) is 31.8 Å². The first kappa shape index (κ1) is 31.1. The summed E-state index contributed by atoms with van der Waals surface area (Å²) in [5, 5.41) is 12.4. The number of amides is 1. The molecule has 2 aliphatic rings. The zero-order valence-electron chi connectivity index (χ0n) is 24.3. The minimum atomic E-state index is -3.39. The van der Waals surface area contributed by atoms with E-state index in [4.69, 9.17) is 9.47 Å². The third kappa shape index (κ3) is 8.83. The number of rotatable bonds is 12. The molecule has 1 fully saturated rings. The predicted molar refractivity (Wildman–Crippen MR) is 162 cm³/mol. The molecule has 2 heterocycles. The standard InChI is InChI=1S/C29H41N5O5SSi/c1-41(2,3)18-16-39-22-33-21-25(20-30)31-28(33)29(35)32-27-10-9-23(19-26(27)24-7-5-4-6-8-24)11-17-40(36,37)34-12-14-38-15-13-34/h7,9-10,19,21H,4-6,8,11-18,22H2,1-3H3,(H,32,35). The number of carbonyl (C=O) groups excluding carboxylic acids is 1. The number of anilines is 1. The smallest absolute Gasteiger partial charge is 0.291 e. The van der Waals surface area contributed by atoms with E-state index < -0.39 is 24.0 Å². The molecule has 0 radical (unpaired) electrons. The number of ether oxygens (including phenoxy) is 2. The zero-order valence-corrected chi connectivity index (χ0v) is 26.1. The Labute approximate surface area is 244 Å². The number of morpholine rings is 1. The maximum absolute atomic E-state index is 13.4. The molecule has 41 heavy (non-hydrogen) atoms. The summed E-state index contributed by atoms with van der Waals surface area (Å²) in [6, 6.07) is 8.70. The predicted octanol–water partition coefficient (Wildman–Crippen LogP) is 4.48. The van der Waals surface area contributed by atoms with Crippen LogP contribution >= 0.6 is 0 Å². The summed E-state index contributed by atoms with van der Waals surface area (Å²) < 4.78 is 40.0. The lowest BCUT2D eigenvalue weighted by atomic mass is 9.91. The van der Waals surface area contributed by atoms with E-state index in [1.165, 1.54) is 10.5 Å². The van der Waals surface area contributed by atoms with Gasteiger partial charge in [-0.25, -0.2) is 13.4 Å². The lowest BCUT2D eigenvalue weighted by molar-refractivity contribution is 0.0730. The molecule has 0 saturated carbocycles. The van der Waals surface area contributed by atoms with Crippen molar-refractivity contribution in [3.63, 3.8) is 0 Å². The number of aromatic nitrogens is 2. The molecule has 12 heteroatoms. The van der Waals surface area contributed by atoms with E-state index in [9.17, 15) is 18.5 Å². The highest BCUT2D eigenvalue weighted by molar-refractivity contribution is 7.89. The molecule has 0 unspecified atom stereocenters. The highest BCUT2D eigenvalue weighted by Crippen LogP contribution is 2.33. The number of nitriles is 1. The van der Waals surface area contributed by atoms with Crippen molar-refractivity contribution >= 4 is 35.3 Å². The van der Waals surface area contributed by atoms with Crippen LogP contribution in [0, 0.1) is 11.3 Å². The largest absolute Gasteiger partial charge is 0.379 e. The Morgan fingerprint density at radius 2 is 2.00 bits per heavy atom. The first-order valence-electron chi connectivity index (χ1n) is 14.3. The van der Waals surface area contributed by atoms with Gasteiger partial charge in [0.2, 0.25) is 15.8 Å². The zero-order chi connectivity index (χ0) is 29.5. The molecule has 1 saturated heterocycles. The van der Waals surface area contributed by atoms with Crippen LogP contribution in [0.2, 0.25) is 25.7 Å². The van der Waals surface area contributed by atoms with Gasteiger partial charge in [0.05, 0.1) is 19.0 Å². The molecule has 1 aliphatic heterocycles. The van der Waals surface area contributed by atoms with Crippen LogP contribution in [-0.2, 0) is 32.6 Å². The Morgan fingerprint density at radius 1 is 1.22 bits per heavy atom. The van der Waals surface area contributed by atoms with Crippen molar-refractivity contribution in [2.24, 2.45) is 0 Å². The number of aryl methyl sites for hydroxylation is 1. The summed E-state index contributed by atoms with van der Waals surface area (Å²) in [4.78, 5) is 17.7. The molecule has 0 bridgehead atoms. The van der Waals surface area contributed by atoms with E-state index in [0.717, 1.165) is 48.4 Å². The number of hydrogen-bond donors (Lipinski definition) is 1. The van der Waals surface area contributed by atoms with Crippen molar-refractivity contribution in [3.8, 4) is 6.07 Å². The summed E-state index contributed by atoms with van der Waals surface area (Å²) >= 11 is 0. The minimum Gasteiger partial charge on any atom is -0.379 e. The Bertz CT molecular complexity index is 1400. The van der Waals surface area contributed by atoms with Crippen molar-refractivity contribution < 1.29 is 22.7 Å². The monoisotopic (exact) mass is 599 g/mol. The minimum absolute atomic E-state index is 0.0171. The van der Waals surface area contributed by atoms with Crippen LogP contribution in [0.4, 0.5) is 5.69 Å². The van der Waals surface area contributed by atoms with Gasteiger partial charge in [-0.3, -0.25) is 4.79 Å². The van der Waals surface area contributed by atoms with Crippen molar-refractivity contribution in [1.29, 1.82) is 5.26 Å². The average Bonchev–Trinajstić information content (AvgIpc) is 3.39. The van der Waals surface area contributed by atoms with Crippen LogP contribution in [0.5, 0.6) is 0 Å². The summed E-state index contributed by atoms with van der Waals surface area (Å²) in [7, 11) is -4.65. The van der Waals surface area contributed by atoms with Crippen molar-refractivity contribution in [2.45, 2.75) is 64.5 Å². The Kier molecular flexibility index (Phi) is 10.5. The topological polar surface area (TPSA) is 127 Å². The number of sulfonamides is 1. The molecule has 1 aliphatic carbocycles. The third-order valence-electron chi connectivity index (χ3n) is 7.30. The molecule has 1 aromatic carbocycles. The van der Waals surface area contributed by atoms with Crippen LogP contribution in [-0.4, -0.2) is 74.9 Å². The highest BCUT2D eigenvalue weighted by atomic mass is 32.2. The third-order valence-corrected chi connectivity index (χ3v) is 10.9. The summed E-state index contributed by atoms with van der Waals surface area (Å²) in [5.74, 6) is -0.303. The van der Waals surface area contributed by atoms with Gasteiger partial charge < -0.3 is 19.4 Å². The summed E-state index contributed by atoms with van der Waals surface area (Å²) in [5.41, 5.74) is 3.71. The van der Waals surface area contributed by atoms with Gasteiger partial charge in [0.1, 0.15) is 12.8 Å². The van der Waals surface area contributed by atoms with Gasteiger partial charge in [0.25, 0.3) is 5.91 Å². The first-order valence-corrected chi connectivity index (χ1v) is 19.6. The Hall–Kier alpha value is -2.82. The second-order valence-electron chi connectivity index (χ2n) is 11.8. The van der Waals surface area contributed by atoms with Gasteiger partial charge in [-0.05, 0) is 61.4 Å². The second-order valence-corrected chi connectivity index (χ2v) is 19.5. The Balaban J connectivity index is 1.52. The van der Waals surface area contributed by atoms with Crippen LogP contribution in [0.25, 0.3) is 5.57 Å². The van der Waals surface area contributed by atoms with Gasteiger partial charge in [0.15, 0.2) is 5.69 Å². The molecular weight excluding hydrogens is 559 g/mol. The van der Waals surface area contributed by atoms with Crippen LogP contribution in [0.15, 0.2) is 30.5 Å². The van der Waals surface area contributed by atoms with E-state index in [1.807, 2.05) is 24.3 Å². The molecule has 0 atom stereocenters. The van der Waals surface area contributed by atoms with Gasteiger partial charge in [0, 0.05) is 45.2 Å². The number of benzene rings is 1. The maximum Gasteiger partial charge on any atom is 0.291 e. The van der Waals surface area contributed by atoms with E-state index in [-0.39, 0.29) is 24.0 Å². The van der Waals surface area contributed by atoms with Crippen molar-refractivity contribution in [3.05, 3.63) is 53.1 Å². The number of nitrogens with one attached hydrogen (secondary N) is 1. The number of hydrogen-bond acceptors (Lipinski definition) is 7. The van der Waals surface area contributed by atoms with Crippen molar-refractivity contribution in [2.75, 3.05) is 44.0 Å². The van der Waals surface area contributed by atoms with Crippen LogP contribution in [0.3, 0.4) is 0 Å². The fourth-order valence-corrected chi connectivity index (χ4v) is 7.09. The number of nitrogens with zero attached hydrogens (tertiary/aromatic N) is 4. The highest BCUT2D eigenvalue weighted by Gasteiger charge is 2.25. The normalized spacial score (nSPS) is 16.7. The molecule has 4 rings (SSSR count). The van der Waals surface area contributed by atoms with Crippen LogP contribution in [0.1, 0.15) is 53.1 Å². The molecular formula is C29H41N5O5SSi. The first-order chi connectivity index (χ1) is 19.6. The number of imidazole rings is 1. The summed E-state index contributed by atoms with van der Waals surface area (Å²) in [6.07, 6.45) is 8.13. The van der Waals surface area contributed by atoms with Gasteiger partial charge >= 0.3 is 0 Å². The van der Waals surface area contributed by atoms with E-state index in [0.29, 0.717) is 45.0 Å². The van der Waals surface area contributed by atoms with Gasteiger partial charge in [-0.15, -0.1) is 0 Å². The quantitative estimate of drug-likeness (QED) is 0.282. The fraction of sp³-hybridized carbons (Fsp3) is 0.552. The SMILES string of the molecule is C[Si](C)(C)CCOCn1cc(C#N)nc1C(=O)Nc1ccc(CCS(=O)(=O)N2CCOCC2)cc1C1=CCCCC1. The molecule has 222 valence electrons. The lowest BCUT2D eigenvalue weighted by Gasteiger charge is -2.26. The summed E-state index contributed by atoms with van der Waals surface area (Å²) in [6.45, 7) is 9.15. The number of carbonyl (C=O) groups is 1. The maximum atomic E-state index is 13.4. The second kappa shape index (κ2) is 13.9. The molecule has 2 aromatic rings. The molecule has 1 amide bonds. The van der Waals surface area contributed by atoms with E-state index in [2.05, 4.69) is 36.0 Å². The molecule has 1 aromatic heterocycles. The van der Waals surface area contributed by atoms with Crippen LogP contribution < -0.4 is 5.32 Å². The average molecular weight is 600 g/mol. The fourth-order valence-electron chi connectivity index (χ4n) is 4.87. The van der Waals surface area contributed by atoms with E-state index in [1.54, 1.807) is 4.57 Å².